The summed E-state index contributed by atoms with van der Waals surface area (Å²) in [6.45, 7) is 3.89. The zero-order chi connectivity index (χ0) is 25.4. The van der Waals surface area contributed by atoms with E-state index in [0.717, 1.165) is 25.7 Å². The van der Waals surface area contributed by atoms with Crippen LogP contribution in [0.15, 0.2) is 59.5 Å². The first-order valence-corrected chi connectivity index (χ1v) is 13.0. The van der Waals surface area contributed by atoms with Gasteiger partial charge in [-0.05, 0) is 62.6 Å². The lowest BCUT2D eigenvalue weighted by atomic mass is 10.1. The number of benzene rings is 2. The molecule has 1 amide bonds. The minimum atomic E-state index is -3.54. The molecular formula is C26H30N2O6S. The van der Waals surface area contributed by atoms with Gasteiger partial charge in [0.05, 0.1) is 10.6 Å². The molecule has 1 saturated heterocycles. The smallest absolute Gasteiger partial charge is 0.331 e. The average Bonchev–Trinajstić information content (AvgIpc) is 3.13. The highest BCUT2D eigenvalue weighted by molar-refractivity contribution is 7.89. The topological polar surface area (TPSA) is 110 Å². The van der Waals surface area contributed by atoms with Gasteiger partial charge < -0.3 is 10.1 Å². The van der Waals surface area contributed by atoms with E-state index in [1.54, 1.807) is 36.4 Å². The largest absolute Gasteiger partial charge is 0.449 e. The van der Waals surface area contributed by atoms with Crippen molar-refractivity contribution in [2.45, 2.75) is 50.5 Å². The molecule has 0 saturated carbocycles. The number of carbonyl (C=O) groups is 3. The van der Waals surface area contributed by atoms with Gasteiger partial charge in [0.1, 0.15) is 0 Å². The van der Waals surface area contributed by atoms with Crippen LogP contribution < -0.4 is 5.32 Å². The SMILES string of the molecule is CC(=O)c1ccccc1NC(=O)C(C)OC(=O)/C=C/c1ccc(S(=O)(=O)N2CCCCCC2)cc1. The molecule has 9 heteroatoms. The molecule has 0 aromatic heterocycles. The Morgan fingerprint density at radius 3 is 2.23 bits per heavy atom. The lowest BCUT2D eigenvalue weighted by Gasteiger charge is -2.19. The number of nitrogens with one attached hydrogen (secondary N) is 1. The fraction of sp³-hybridized carbons (Fsp3) is 0.346. The van der Waals surface area contributed by atoms with Crippen LogP contribution in [0.5, 0.6) is 0 Å². The molecule has 2 aromatic carbocycles. The number of ether oxygens (including phenoxy) is 1. The molecule has 35 heavy (non-hydrogen) atoms. The number of Topliss-reactive ketones (excluding diaryl/α,β-unsaturated/α-hetero) is 1. The molecule has 0 spiro atoms. The van der Waals surface area contributed by atoms with Gasteiger partial charge in [0.15, 0.2) is 11.9 Å². The molecule has 2 aromatic rings. The number of rotatable bonds is 8. The summed E-state index contributed by atoms with van der Waals surface area (Å²) in [5.41, 5.74) is 1.32. The number of ketones is 1. The molecule has 1 aliphatic rings. The molecule has 8 nitrogen and oxygen atoms in total. The molecule has 0 aliphatic carbocycles. The molecule has 1 heterocycles. The Labute approximate surface area is 206 Å². The van der Waals surface area contributed by atoms with Gasteiger partial charge >= 0.3 is 5.97 Å². The predicted octanol–water partition coefficient (Wildman–Crippen LogP) is 4.04. The van der Waals surface area contributed by atoms with Crippen LogP contribution in [0, 0.1) is 0 Å². The third-order valence-electron chi connectivity index (χ3n) is 5.72. The van der Waals surface area contributed by atoms with Gasteiger partial charge in [0.2, 0.25) is 10.0 Å². The van der Waals surface area contributed by atoms with Crippen molar-refractivity contribution in [3.63, 3.8) is 0 Å². The van der Waals surface area contributed by atoms with Crippen molar-refractivity contribution in [2.75, 3.05) is 18.4 Å². The maximum atomic E-state index is 12.9. The first-order chi connectivity index (χ1) is 16.7. The predicted molar refractivity (Wildman–Crippen MR) is 133 cm³/mol. The normalized spacial score (nSPS) is 15.8. The van der Waals surface area contributed by atoms with E-state index in [2.05, 4.69) is 5.32 Å². The van der Waals surface area contributed by atoms with Crippen molar-refractivity contribution in [1.29, 1.82) is 0 Å². The second-order valence-corrected chi connectivity index (χ2v) is 10.3. The number of sulfonamides is 1. The molecule has 0 radical (unpaired) electrons. The van der Waals surface area contributed by atoms with E-state index in [4.69, 9.17) is 4.74 Å². The van der Waals surface area contributed by atoms with Crippen molar-refractivity contribution < 1.29 is 27.5 Å². The number of carbonyl (C=O) groups excluding carboxylic acids is 3. The zero-order valence-corrected chi connectivity index (χ0v) is 20.7. The van der Waals surface area contributed by atoms with Gasteiger partial charge in [-0.15, -0.1) is 0 Å². The minimum absolute atomic E-state index is 0.196. The highest BCUT2D eigenvalue weighted by atomic mass is 32.2. The molecule has 0 bridgehead atoms. The summed E-state index contributed by atoms with van der Waals surface area (Å²) in [5, 5.41) is 2.60. The molecule has 1 N–H and O–H groups in total. The van der Waals surface area contributed by atoms with Crippen molar-refractivity contribution in [2.24, 2.45) is 0 Å². The maximum Gasteiger partial charge on any atom is 0.331 e. The highest BCUT2D eigenvalue weighted by Crippen LogP contribution is 2.21. The van der Waals surface area contributed by atoms with Crippen molar-refractivity contribution in [3.8, 4) is 0 Å². The second kappa shape index (κ2) is 11.9. The van der Waals surface area contributed by atoms with Gasteiger partial charge in [-0.2, -0.15) is 4.31 Å². The lowest BCUT2D eigenvalue weighted by Crippen LogP contribution is -2.31. The van der Waals surface area contributed by atoms with Crippen LogP contribution in [0.4, 0.5) is 5.69 Å². The third-order valence-corrected chi connectivity index (χ3v) is 7.63. The van der Waals surface area contributed by atoms with Crippen molar-refractivity contribution >= 4 is 39.4 Å². The summed E-state index contributed by atoms with van der Waals surface area (Å²) in [5.74, 6) is -1.49. The molecule has 1 fully saturated rings. The summed E-state index contributed by atoms with van der Waals surface area (Å²) in [6, 6.07) is 12.8. The van der Waals surface area contributed by atoms with Crippen LogP contribution in [-0.2, 0) is 24.3 Å². The van der Waals surface area contributed by atoms with Crippen LogP contribution >= 0.6 is 0 Å². The fourth-order valence-electron chi connectivity index (χ4n) is 3.75. The van der Waals surface area contributed by atoms with E-state index in [1.807, 2.05) is 0 Å². The van der Waals surface area contributed by atoms with Crippen LogP contribution in [-0.4, -0.2) is 49.6 Å². The molecule has 1 atom stereocenters. The number of nitrogens with zero attached hydrogens (tertiary/aromatic N) is 1. The average molecular weight is 499 g/mol. The summed E-state index contributed by atoms with van der Waals surface area (Å²) < 4.78 is 32.4. The number of hydrogen-bond donors (Lipinski definition) is 1. The van der Waals surface area contributed by atoms with Crippen molar-refractivity contribution in [1.82, 2.24) is 4.31 Å². The quantitative estimate of drug-likeness (QED) is 0.334. The van der Waals surface area contributed by atoms with Crippen LogP contribution in [0.3, 0.4) is 0 Å². The summed E-state index contributed by atoms with van der Waals surface area (Å²) >= 11 is 0. The molecule has 1 unspecified atom stereocenters. The number of hydrogen-bond acceptors (Lipinski definition) is 6. The zero-order valence-electron chi connectivity index (χ0n) is 19.9. The van der Waals surface area contributed by atoms with Gasteiger partial charge in [-0.3, -0.25) is 9.59 Å². The summed E-state index contributed by atoms with van der Waals surface area (Å²) in [4.78, 5) is 36.5. The van der Waals surface area contributed by atoms with E-state index >= 15 is 0 Å². The van der Waals surface area contributed by atoms with E-state index in [1.165, 1.54) is 42.4 Å². The number of esters is 1. The van der Waals surface area contributed by atoms with Gasteiger partial charge in [0, 0.05) is 24.7 Å². The van der Waals surface area contributed by atoms with Crippen LogP contribution in [0.25, 0.3) is 6.08 Å². The summed E-state index contributed by atoms with van der Waals surface area (Å²) in [6.07, 6.45) is 5.37. The first-order valence-electron chi connectivity index (χ1n) is 11.6. The molecule has 186 valence electrons. The Morgan fingerprint density at radius 1 is 0.971 bits per heavy atom. The standard InChI is InChI=1S/C26H30N2O6S/c1-19(29)23-9-5-6-10-24(23)27-26(31)20(2)34-25(30)16-13-21-11-14-22(15-12-21)35(32,33)28-17-7-3-4-8-18-28/h5-6,9-16,20H,3-4,7-8,17-18H2,1-2H3,(H,27,31)/b16-13+. The third kappa shape index (κ3) is 7.10. The van der Waals surface area contributed by atoms with E-state index < -0.39 is 28.0 Å². The molecule has 3 rings (SSSR count). The minimum Gasteiger partial charge on any atom is -0.449 e. The second-order valence-electron chi connectivity index (χ2n) is 8.39. The Kier molecular flexibility index (Phi) is 8.95. The Hall–Kier alpha value is -3.30. The van der Waals surface area contributed by atoms with Gasteiger partial charge in [-0.25, -0.2) is 13.2 Å². The fourth-order valence-corrected chi connectivity index (χ4v) is 5.26. The van der Waals surface area contributed by atoms with E-state index in [-0.39, 0.29) is 10.7 Å². The molecule has 1 aliphatic heterocycles. The Bertz CT molecular complexity index is 1200. The van der Waals surface area contributed by atoms with Gasteiger partial charge in [0.25, 0.3) is 5.91 Å². The maximum absolute atomic E-state index is 12.9. The Balaban J connectivity index is 1.57. The van der Waals surface area contributed by atoms with Crippen LogP contribution in [0.1, 0.15) is 55.5 Å². The van der Waals surface area contributed by atoms with Gasteiger partial charge in [-0.1, -0.05) is 37.1 Å². The number of para-hydroxylation sites is 1. The van der Waals surface area contributed by atoms with Crippen molar-refractivity contribution in [3.05, 3.63) is 65.7 Å². The Morgan fingerprint density at radius 2 is 1.60 bits per heavy atom. The molecular weight excluding hydrogens is 468 g/mol. The first kappa shape index (κ1) is 26.3. The summed E-state index contributed by atoms with van der Waals surface area (Å²) in [7, 11) is -3.54. The number of anilines is 1. The van der Waals surface area contributed by atoms with Crippen LogP contribution in [0.2, 0.25) is 0 Å². The number of amides is 1. The highest BCUT2D eigenvalue weighted by Gasteiger charge is 2.25. The van der Waals surface area contributed by atoms with E-state index in [0.29, 0.717) is 29.9 Å². The monoisotopic (exact) mass is 498 g/mol. The van der Waals surface area contributed by atoms with E-state index in [9.17, 15) is 22.8 Å². The lowest BCUT2D eigenvalue weighted by molar-refractivity contribution is -0.148.